The maximum absolute atomic E-state index is 12.8. The van der Waals surface area contributed by atoms with Crippen LogP contribution in [0, 0.1) is 0 Å². The zero-order chi connectivity index (χ0) is 22.1. The van der Waals surface area contributed by atoms with Crippen LogP contribution in [-0.4, -0.2) is 28.8 Å². The molecule has 0 aliphatic carbocycles. The van der Waals surface area contributed by atoms with Gasteiger partial charge in [-0.15, -0.1) is 0 Å². The molecule has 30 heavy (non-hydrogen) atoms. The molecule has 156 valence electrons. The van der Waals surface area contributed by atoms with Crippen molar-refractivity contribution in [1.29, 1.82) is 0 Å². The molecular weight excluding hydrogens is 438 g/mol. The molecule has 0 aliphatic heterocycles. The van der Waals surface area contributed by atoms with Gasteiger partial charge in [0.15, 0.2) is 0 Å². The maximum Gasteiger partial charge on any atom is 0.364 e. The number of hydrogen-bond donors (Lipinski definition) is 4. The molecule has 1 aromatic heterocycles. The lowest BCUT2D eigenvalue weighted by atomic mass is 10.1. The molecule has 11 nitrogen and oxygen atoms in total. The van der Waals surface area contributed by atoms with Crippen LogP contribution in [0.15, 0.2) is 64.3 Å². The molecule has 0 bridgehead atoms. The van der Waals surface area contributed by atoms with Crippen LogP contribution in [0.1, 0.15) is 10.4 Å². The fourth-order valence-electron chi connectivity index (χ4n) is 2.61. The average molecular weight is 452 g/mol. The summed E-state index contributed by atoms with van der Waals surface area (Å²) in [6.07, 6.45) is 0.808. The minimum atomic E-state index is -5.01. The number of hydrogen-bond acceptors (Lipinski definition) is 6. The average Bonchev–Trinajstić information content (AvgIpc) is 2.68. The fraction of sp³-hybridized carbons (Fsp3) is 0. The number of aromatic amines is 2. The molecule has 3 rings (SSSR count). The lowest BCUT2D eigenvalue weighted by molar-refractivity contribution is 0.0987. The Bertz CT molecular complexity index is 1340. The number of halogens is 1. The Labute approximate surface area is 174 Å². The maximum atomic E-state index is 12.8. The molecule has 3 aromatic rings. The van der Waals surface area contributed by atoms with Gasteiger partial charge >= 0.3 is 16.0 Å². The molecule has 13 heteroatoms. The summed E-state index contributed by atoms with van der Waals surface area (Å²) in [5, 5.41) is 0.982. The third-order valence-electron chi connectivity index (χ3n) is 3.91. The third-order valence-corrected chi connectivity index (χ3v) is 5.10. The van der Waals surface area contributed by atoms with Crippen molar-refractivity contribution in [2.45, 2.75) is 0 Å². The van der Waals surface area contributed by atoms with Gasteiger partial charge in [0.2, 0.25) is 0 Å². The molecule has 2 aromatic carbocycles. The number of benzene rings is 2. The highest BCUT2D eigenvalue weighted by Crippen LogP contribution is 2.28. The third kappa shape index (κ3) is 4.26. The number of nitrogens with two attached hydrogens (primary N) is 1. The Balaban J connectivity index is 2.08. The Morgan fingerprint density at radius 3 is 2.40 bits per heavy atom. The van der Waals surface area contributed by atoms with Crippen LogP contribution in [-0.2, 0) is 10.3 Å². The molecule has 0 spiro atoms. The summed E-state index contributed by atoms with van der Waals surface area (Å²) in [5.41, 5.74) is -2.67. The second-order valence-electron chi connectivity index (χ2n) is 5.88. The summed E-state index contributed by atoms with van der Waals surface area (Å²) in [5.74, 6) is 5.12. The number of nitrogens with zero attached hydrogens (tertiary/aromatic N) is 2. The zero-order valence-corrected chi connectivity index (χ0v) is 16.5. The molecule has 0 radical (unpaired) electrons. The van der Waals surface area contributed by atoms with Crippen molar-refractivity contribution in [2.75, 3.05) is 9.31 Å². The smallest absolute Gasteiger partial charge is 0.312 e. The van der Waals surface area contributed by atoms with Crippen molar-refractivity contribution >= 4 is 44.9 Å². The standard InChI is InChI=1S/C17H14ClN5O6S/c18-12-6-1-2-7-13(12)22(19)16(25)10-4-3-5-11(8-10)23(30(27,28)29)14-9-20-17(26)21-15(14)24/h1-9H,19H2,(H,27,28,29)(H2,20,21,24,26). The minimum Gasteiger partial charge on any atom is -0.312 e. The molecule has 0 atom stereocenters. The van der Waals surface area contributed by atoms with Crippen LogP contribution < -0.4 is 26.4 Å². The van der Waals surface area contributed by atoms with Crippen LogP contribution in [0.5, 0.6) is 0 Å². The number of amides is 1. The molecule has 1 heterocycles. The van der Waals surface area contributed by atoms with Gasteiger partial charge in [-0.05, 0) is 30.3 Å². The van der Waals surface area contributed by atoms with Gasteiger partial charge in [0.25, 0.3) is 11.5 Å². The second-order valence-corrected chi connectivity index (χ2v) is 7.54. The van der Waals surface area contributed by atoms with E-state index in [1.807, 2.05) is 4.98 Å². The van der Waals surface area contributed by atoms with Gasteiger partial charge in [-0.1, -0.05) is 29.8 Å². The zero-order valence-electron chi connectivity index (χ0n) is 14.9. The number of rotatable bonds is 5. The van der Waals surface area contributed by atoms with Crippen molar-refractivity contribution in [2.24, 2.45) is 5.84 Å². The number of para-hydroxylation sites is 1. The highest BCUT2D eigenvalue weighted by atomic mass is 35.5. The largest absolute Gasteiger partial charge is 0.364 e. The van der Waals surface area contributed by atoms with Gasteiger partial charge in [0.05, 0.1) is 16.4 Å². The van der Waals surface area contributed by atoms with E-state index >= 15 is 0 Å². The SMILES string of the molecule is NN(C(=O)c1cccc(N(c2c[nH]c(=O)[nH]c2=O)S(=O)(=O)O)c1)c1ccccc1Cl. The highest BCUT2D eigenvalue weighted by molar-refractivity contribution is 7.87. The van der Waals surface area contributed by atoms with E-state index < -0.39 is 33.1 Å². The van der Waals surface area contributed by atoms with E-state index in [0.717, 1.165) is 17.3 Å². The first-order chi connectivity index (χ1) is 14.1. The first-order valence-corrected chi connectivity index (χ1v) is 9.90. The van der Waals surface area contributed by atoms with Gasteiger partial charge in [-0.25, -0.2) is 20.0 Å². The van der Waals surface area contributed by atoms with Crippen molar-refractivity contribution in [3.63, 3.8) is 0 Å². The van der Waals surface area contributed by atoms with E-state index in [-0.39, 0.29) is 26.3 Å². The minimum absolute atomic E-state index is 0.0653. The number of H-pyrrole nitrogens is 2. The van der Waals surface area contributed by atoms with Gasteiger partial charge in [0.1, 0.15) is 5.69 Å². The van der Waals surface area contributed by atoms with Crippen LogP contribution in [0.2, 0.25) is 5.02 Å². The van der Waals surface area contributed by atoms with Crippen molar-refractivity contribution < 1.29 is 17.8 Å². The van der Waals surface area contributed by atoms with E-state index in [1.54, 1.807) is 12.1 Å². The van der Waals surface area contributed by atoms with E-state index in [1.165, 1.54) is 30.3 Å². The summed E-state index contributed by atoms with van der Waals surface area (Å²) in [6.45, 7) is 0. The molecule has 0 aliphatic rings. The molecule has 0 unspecified atom stereocenters. The van der Waals surface area contributed by atoms with Crippen LogP contribution >= 0.6 is 11.6 Å². The van der Waals surface area contributed by atoms with Crippen LogP contribution in [0.3, 0.4) is 0 Å². The fourth-order valence-corrected chi connectivity index (χ4v) is 3.60. The normalized spacial score (nSPS) is 11.2. The molecule has 0 saturated heterocycles. The summed E-state index contributed by atoms with van der Waals surface area (Å²) >= 11 is 6.04. The summed E-state index contributed by atoms with van der Waals surface area (Å²) in [4.78, 5) is 40.0. The monoisotopic (exact) mass is 451 g/mol. The van der Waals surface area contributed by atoms with Gasteiger partial charge in [-0.2, -0.15) is 8.42 Å². The molecular formula is C17H14ClN5O6S. The lowest BCUT2D eigenvalue weighted by Crippen LogP contribution is -2.38. The van der Waals surface area contributed by atoms with Crippen LogP contribution in [0.4, 0.5) is 17.1 Å². The van der Waals surface area contributed by atoms with Gasteiger partial charge in [0, 0.05) is 11.8 Å². The number of carbonyl (C=O) groups excluding carboxylic acids is 1. The lowest BCUT2D eigenvalue weighted by Gasteiger charge is -2.21. The van der Waals surface area contributed by atoms with Crippen molar-refractivity contribution in [3.8, 4) is 0 Å². The van der Waals surface area contributed by atoms with E-state index in [0.29, 0.717) is 0 Å². The summed E-state index contributed by atoms with van der Waals surface area (Å²) in [7, 11) is -5.01. The number of aromatic nitrogens is 2. The Morgan fingerprint density at radius 1 is 1.07 bits per heavy atom. The Kier molecular flexibility index (Phi) is 5.75. The van der Waals surface area contributed by atoms with Gasteiger partial charge < -0.3 is 4.98 Å². The summed E-state index contributed by atoms with van der Waals surface area (Å²) in [6, 6.07) is 11.3. The number of anilines is 3. The van der Waals surface area contributed by atoms with E-state index in [2.05, 4.69) is 4.98 Å². The molecule has 5 N–H and O–H groups in total. The molecule has 0 fully saturated rings. The topological polar surface area (TPSA) is 170 Å². The van der Waals surface area contributed by atoms with E-state index in [9.17, 15) is 27.4 Å². The first kappa shape index (κ1) is 21.3. The highest BCUT2D eigenvalue weighted by Gasteiger charge is 2.26. The number of carbonyl (C=O) groups is 1. The van der Waals surface area contributed by atoms with Gasteiger partial charge in [-0.3, -0.25) is 19.1 Å². The van der Waals surface area contributed by atoms with E-state index in [4.69, 9.17) is 17.4 Å². The quantitative estimate of drug-likeness (QED) is 0.195. The summed E-state index contributed by atoms with van der Waals surface area (Å²) < 4.78 is 33.8. The van der Waals surface area contributed by atoms with Crippen LogP contribution in [0.25, 0.3) is 0 Å². The Morgan fingerprint density at radius 2 is 1.77 bits per heavy atom. The molecule has 1 amide bonds. The first-order valence-electron chi connectivity index (χ1n) is 8.13. The van der Waals surface area contributed by atoms with Crippen molar-refractivity contribution in [1.82, 2.24) is 9.97 Å². The predicted octanol–water partition coefficient (Wildman–Crippen LogP) is 1.18. The Hall–Kier alpha value is -3.45. The predicted molar refractivity (Wildman–Crippen MR) is 110 cm³/mol. The van der Waals surface area contributed by atoms with Crippen molar-refractivity contribution in [3.05, 3.63) is 86.2 Å². The number of nitrogens with one attached hydrogen (secondary N) is 2. The number of hydrazine groups is 1. The second kappa shape index (κ2) is 8.12. The molecule has 0 saturated carbocycles.